The minimum absolute atomic E-state index is 0.0487. The van der Waals surface area contributed by atoms with Crippen molar-refractivity contribution in [2.24, 2.45) is 5.73 Å². The topological polar surface area (TPSA) is 157 Å². The molecule has 0 aliphatic rings. The lowest BCUT2D eigenvalue weighted by Crippen LogP contribution is -2.52. The number of nitrogens with one attached hydrogen (secondary N) is 2. The lowest BCUT2D eigenvalue weighted by Gasteiger charge is -2.31. The molecule has 4 N–H and O–H groups in total. The van der Waals surface area contributed by atoms with E-state index in [1.54, 1.807) is 46.8 Å². The Balaban J connectivity index is 3.38. The van der Waals surface area contributed by atoms with Crippen LogP contribution < -0.4 is 16.4 Å². The van der Waals surface area contributed by atoms with E-state index >= 15 is 0 Å². The first-order valence-corrected chi connectivity index (χ1v) is 12.3. The normalized spacial score (nSPS) is 12.3. The molecular formula is C27H38N4O7. The third-order valence-electron chi connectivity index (χ3n) is 5.21. The summed E-state index contributed by atoms with van der Waals surface area (Å²) in [7, 11) is 0. The zero-order chi connectivity index (χ0) is 29.0. The quantitative estimate of drug-likeness (QED) is 0.212. The second-order valence-electron chi connectivity index (χ2n) is 9.65. The number of aryl methyl sites for hydroxylation is 2. The van der Waals surface area contributed by atoms with Gasteiger partial charge in [0.25, 0.3) is 5.91 Å². The number of carbonyl (C=O) groups is 5. The number of benzene rings is 1. The molecule has 0 radical (unpaired) electrons. The Hall–Kier alpha value is -4.07. The van der Waals surface area contributed by atoms with Crippen molar-refractivity contribution in [3.63, 3.8) is 0 Å². The number of alkyl carbamates (subject to hydrolysis) is 1. The molecule has 0 spiro atoms. The van der Waals surface area contributed by atoms with Gasteiger partial charge in [0.1, 0.15) is 17.7 Å². The molecule has 1 aromatic carbocycles. The highest BCUT2D eigenvalue weighted by Crippen LogP contribution is 2.26. The summed E-state index contributed by atoms with van der Waals surface area (Å²) in [5.74, 6) is -2.64. The number of esters is 1. The highest BCUT2D eigenvalue weighted by molar-refractivity contribution is 5.94. The number of ether oxygens (including phenoxy) is 2. The van der Waals surface area contributed by atoms with Crippen molar-refractivity contribution in [2.75, 3.05) is 13.2 Å². The Labute approximate surface area is 223 Å². The van der Waals surface area contributed by atoms with E-state index < -0.39 is 47.5 Å². The lowest BCUT2D eigenvalue weighted by atomic mass is 9.96. The third-order valence-corrected chi connectivity index (χ3v) is 5.21. The molecule has 4 amide bonds. The number of terminal acetylenes is 1. The van der Waals surface area contributed by atoms with Gasteiger partial charge in [-0.25, -0.2) is 4.79 Å². The molecule has 0 saturated carbocycles. The van der Waals surface area contributed by atoms with Gasteiger partial charge in [-0.05, 0) is 59.1 Å². The average Bonchev–Trinajstić information content (AvgIpc) is 2.79. The van der Waals surface area contributed by atoms with E-state index in [0.29, 0.717) is 11.1 Å². The monoisotopic (exact) mass is 530 g/mol. The van der Waals surface area contributed by atoms with Gasteiger partial charge in [-0.1, -0.05) is 30.2 Å². The molecule has 11 nitrogen and oxygen atoms in total. The number of nitrogens with zero attached hydrogens (tertiary/aromatic N) is 1. The van der Waals surface area contributed by atoms with Gasteiger partial charge in [-0.3, -0.25) is 24.1 Å². The van der Waals surface area contributed by atoms with Crippen molar-refractivity contribution in [3.05, 3.63) is 34.9 Å². The van der Waals surface area contributed by atoms with Gasteiger partial charge in [0.05, 0.1) is 13.0 Å². The smallest absolute Gasteiger partial charge is 0.408 e. The van der Waals surface area contributed by atoms with Gasteiger partial charge in [-0.2, -0.15) is 0 Å². The molecule has 0 fully saturated rings. The fraction of sp³-hybridized carbons (Fsp3) is 0.519. The summed E-state index contributed by atoms with van der Waals surface area (Å²) in [5, 5.41) is 5.06. The van der Waals surface area contributed by atoms with Crippen LogP contribution in [0.3, 0.4) is 0 Å². The SMILES string of the molecule is C#CN(C(=O)C(CCC(N)=O)NC(=O)OC(C)(C)C)C(C(=O)NCCC(=O)OCC)c1ccc(C)cc1C. The van der Waals surface area contributed by atoms with Crippen LogP contribution in [0, 0.1) is 26.3 Å². The predicted molar refractivity (Wildman–Crippen MR) is 140 cm³/mol. The lowest BCUT2D eigenvalue weighted by molar-refractivity contribution is -0.143. The molecule has 0 bridgehead atoms. The van der Waals surface area contributed by atoms with Crippen LogP contribution in [0.2, 0.25) is 0 Å². The Kier molecular flexibility index (Phi) is 12.3. The summed E-state index contributed by atoms with van der Waals surface area (Å²) in [4.78, 5) is 63.5. The molecule has 0 aromatic heterocycles. The largest absolute Gasteiger partial charge is 0.466 e. The van der Waals surface area contributed by atoms with Gasteiger partial charge in [0.15, 0.2) is 0 Å². The van der Waals surface area contributed by atoms with E-state index in [0.717, 1.165) is 10.5 Å². The van der Waals surface area contributed by atoms with Gasteiger partial charge >= 0.3 is 12.1 Å². The van der Waals surface area contributed by atoms with Crippen molar-refractivity contribution >= 4 is 29.8 Å². The second-order valence-corrected chi connectivity index (χ2v) is 9.65. The summed E-state index contributed by atoms with van der Waals surface area (Å²) in [6.45, 7) is 10.4. The van der Waals surface area contributed by atoms with Gasteiger partial charge < -0.3 is 25.8 Å². The van der Waals surface area contributed by atoms with Crippen LogP contribution >= 0.6 is 0 Å². The van der Waals surface area contributed by atoms with Gasteiger partial charge in [-0.15, -0.1) is 0 Å². The average molecular weight is 531 g/mol. The van der Waals surface area contributed by atoms with Crippen molar-refractivity contribution in [1.29, 1.82) is 0 Å². The molecule has 208 valence electrons. The summed E-state index contributed by atoms with van der Waals surface area (Å²) in [5.41, 5.74) is 6.48. The summed E-state index contributed by atoms with van der Waals surface area (Å²) >= 11 is 0. The van der Waals surface area contributed by atoms with E-state index in [1.165, 1.54) is 0 Å². The van der Waals surface area contributed by atoms with Crippen LogP contribution in [-0.2, 0) is 28.7 Å². The summed E-state index contributed by atoms with van der Waals surface area (Å²) < 4.78 is 10.1. The first-order valence-electron chi connectivity index (χ1n) is 12.3. The number of nitrogens with two attached hydrogens (primary N) is 1. The van der Waals surface area contributed by atoms with Crippen molar-refractivity contribution in [1.82, 2.24) is 15.5 Å². The van der Waals surface area contributed by atoms with Crippen LogP contribution in [-0.4, -0.2) is 59.5 Å². The molecular weight excluding hydrogens is 492 g/mol. The maximum Gasteiger partial charge on any atom is 0.408 e. The molecule has 0 aliphatic heterocycles. The van der Waals surface area contributed by atoms with Crippen LogP contribution in [0.1, 0.15) is 69.7 Å². The predicted octanol–water partition coefficient (Wildman–Crippen LogP) is 1.99. The molecule has 1 rings (SSSR count). The van der Waals surface area contributed by atoms with E-state index in [-0.39, 0.29) is 32.4 Å². The molecule has 2 atom stereocenters. The van der Waals surface area contributed by atoms with E-state index in [2.05, 4.69) is 16.7 Å². The molecule has 0 aliphatic carbocycles. The van der Waals surface area contributed by atoms with Crippen LogP contribution in [0.25, 0.3) is 0 Å². The van der Waals surface area contributed by atoms with Crippen LogP contribution in [0.5, 0.6) is 0 Å². The van der Waals surface area contributed by atoms with E-state index in [1.807, 2.05) is 13.0 Å². The van der Waals surface area contributed by atoms with E-state index in [9.17, 15) is 24.0 Å². The highest BCUT2D eigenvalue weighted by Gasteiger charge is 2.36. The zero-order valence-corrected chi connectivity index (χ0v) is 22.9. The summed E-state index contributed by atoms with van der Waals surface area (Å²) in [6.07, 6.45) is 4.35. The first kappa shape index (κ1) is 32.0. The van der Waals surface area contributed by atoms with Gasteiger partial charge in [0.2, 0.25) is 11.8 Å². The minimum atomic E-state index is -1.31. The second kappa shape index (κ2) is 14.6. The number of carbonyl (C=O) groups excluding carboxylic acids is 5. The van der Waals surface area contributed by atoms with Gasteiger partial charge in [0, 0.05) is 19.0 Å². The van der Waals surface area contributed by atoms with Crippen LogP contribution in [0.4, 0.5) is 4.79 Å². The number of primary amides is 1. The molecule has 11 heteroatoms. The Morgan fingerprint density at radius 3 is 2.32 bits per heavy atom. The molecule has 38 heavy (non-hydrogen) atoms. The Morgan fingerprint density at radius 1 is 1.13 bits per heavy atom. The van der Waals surface area contributed by atoms with Crippen molar-refractivity contribution in [3.8, 4) is 12.5 Å². The maximum absolute atomic E-state index is 13.7. The van der Waals surface area contributed by atoms with Crippen LogP contribution in [0.15, 0.2) is 18.2 Å². The number of amides is 4. The fourth-order valence-electron chi connectivity index (χ4n) is 3.57. The van der Waals surface area contributed by atoms with E-state index in [4.69, 9.17) is 21.6 Å². The number of hydrogen-bond acceptors (Lipinski definition) is 7. The Bertz CT molecular complexity index is 1070. The highest BCUT2D eigenvalue weighted by atomic mass is 16.6. The first-order chi connectivity index (χ1) is 17.7. The number of rotatable bonds is 12. The minimum Gasteiger partial charge on any atom is -0.466 e. The molecule has 0 saturated heterocycles. The molecule has 2 unspecified atom stereocenters. The molecule has 1 aromatic rings. The standard InChI is InChI=1S/C27H38N4O7/c1-8-31(25(35)20(12-13-21(28)32)30-26(36)38-27(5,6)7)23(19-11-10-17(3)16-18(19)4)24(34)29-15-14-22(33)37-9-2/h1,10-11,16,20,23H,9,12-15H2,2-7H3,(H2,28,32)(H,29,34)(H,30,36). The zero-order valence-electron chi connectivity index (χ0n) is 22.9. The van der Waals surface area contributed by atoms with Crippen molar-refractivity contribution in [2.45, 2.75) is 78.5 Å². The fourth-order valence-corrected chi connectivity index (χ4v) is 3.57. The third kappa shape index (κ3) is 10.5. The summed E-state index contributed by atoms with van der Waals surface area (Å²) in [6, 6.07) is 4.92. The van der Waals surface area contributed by atoms with Crippen molar-refractivity contribution < 1.29 is 33.4 Å². The Morgan fingerprint density at radius 2 is 1.79 bits per heavy atom. The maximum atomic E-state index is 13.7. The number of hydrogen-bond donors (Lipinski definition) is 3. The molecule has 0 heterocycles.